The number of hydrogen-bond acceptors (Lipinski definition) is 8. The smallest absolute Gasteiger partial charge is 0.256 e. The molecule has 0 unspecified atom stereocenters. The van der Waals surface area contributed by atoms with E-state index in [-0.39, 0.29) is 17.8 Å². The minimum absolute atomic E-state index is 0.0240. The maximum absolute atomic E-state index is 9.01. The molecule has 0 amide bonds. The summed E-state index contributed by atoms with van der Waals surface area (Å²) >= 11 is 0. The van der Waals surface area contributed by atoms with Crippen LogP contribution in [0.3, 0.4) is 0 Å². The topological polar surface area (TPSA) is 106 Å². The molecule has 0 aromatic carbocycles. The van der Waals surface area contributed by atoms with Gasteiger partial charge in [0.05, 0.1) is 0 Å². The highest BCUT2D eigenvalue weighted by Gasteiger charge is 2.06. The first-order valence-electron chi connectivity index (χ1n) is 3.44. The second-order valence-corrected chi connectivity index (χ2v) is 2.17. The number of anilines is 3. The fraction of sp³-hybridized carbons (Fsp3) is 0.400. The van der Waals surface area contributed by atoms with Crippen LogP contribution in [0.4, 0.5) is 17.8 Å². The van der Waals surface area contributed by atoms with E-state index in [2.05, 4.69) is 20.3 Å². The van der Waals surface area contributed by atoms with Crippen LogP contribution in [-0.4, -0.2) is 39.5 Å². The van der Waals surface area contributed by atoms with E-state index in [1.165, 1.54) is 7.05 Å². The predicted octanol–water partition coefficient (Wildman–Crippen LogP) is -0.460. The van der Waals surface area contributed by atoms with Gasteiger partial charge in [0, 0.05) is 14.1 Å². The molecule has 13 heavy (non-hydrogen) atoms. The van der Waals surface area contributed by atoms with E-state index < -0.39 is 0 Å². The number of hydroxylamine groups is 1. The van der Waals surface area contributed by atoms with Crippen LogP contribution in [0.5, 0.6) is 0 Å². The highest BCUT2D eigenvalue weighted by atomic mass is 16.5. The predicted molar refractivity (Wildman–Crippen MR) is 45.0 cm³/mol. The Labute approximate surface area is 74.2 Å². The second-order valence-electron chi connectivity index (χ2n) is 2.17. The van der Waals surface area contributed by atoms with Gasteiger partial charge in [-0.1, -0.05) is 0 Å². The van der Waals surface area contributed by atoms with E-state index in [4.69, 9.17) is 10.4 Å². The Balaban J connectivity index is 3.07. The monoisotopic (exact) mass is 186 g/mol. The van der Waals surface area contributed by atoms with Crippen molar-refractivity contribution in [3.05, 3.63) is 0 Å². The van der Waals surface area contributed by atoms with Crippen molar-refractivity contribution >= 4 is 17.8 Å². The van der Waals surface area contributed by atoms with Gasteiger partial charge in [0.2, 0.25) is 5.95 Å². The molecule has 1 aromatic heterocycles. The minimum atomic E-state index is -0.0461. The summed E-state index contributed by atoms with van der Waals surface area (Å²) in [7, 11) is 2.97. The van der Waals surface area contributed by atoms with Gasteiger partial charge in [0.15, 0.2) is 0 Å². The largest absolute Gasteiger partial charge is 0.357 e. The van der Waals surface area contributed by atoms with E-state index in [1.807, 2.05) is 0 Å². The van der Waals surface area contributed by atoms with Gasteiger partial charge in [-0.3, -0.25) is 10.4 Å². The van der Waals surface area contributed by atoms with Crippen LogP contribution in [0, 0.1) is 0 Å². The molecule has 0 radical (unpaired) electrons. The Kier molecular flexibility index (Phi) is 2.77. The molecule has 0 spiro atoms. The maximum Gasteiger partial charge on any atom is 0.256 e. The van der Waals surface area contributed by atoms with Crippen molar-refractivity contribution in [2.75, 3.05) is 30.0 Å². The molecule has 0 fully saturated rings. The van der Waals surface area contributed by atoms with Crippen molar-refractivity contribution in [1.29, 1.82) is 0 Å². The summed E-state index contributed by atoms with van der Waals surface area (Å²) in [5, 5.41) is 20.9. The van der Waals surface area contributed by atoms with E-state index in [9.17, 15) is 0 Å². The lowest BCUT2D eigenvalue weighted by Crippen LogP contribution is -2.16. The third-order valence-corrected chi connectivity index (χ3v) is 1.24. The Hall–Kier alpha value is -1.67. The molecule has 0 aliphatic rings. The zero-order valence-corrected chi connectivity index (χ0v) is 7.18. The Morgan fingerprint density at radius 1 is 1.23 bits per heavy atom. The van der Waals surface area contributed by atoms with E-state index >= 15 is 0 Å². The molecule has 1 aromatic rings. The summed E-state index contributed by atoms with van der Waals surface area (Å²) in [5.74, 6) is 0.216. The summed E-state index contributed by atoms with van der Waals surface area (Å²) in [6.45, 7) is 0. The van der Waals surface area contributed by atoms with Crippen molar-refractivity contribution < 1.29 is 10.4 Å². The molecule has 0 bridgehead atoms. The van der Waals surface area contributed by atoms with Gasteiger partial charge in [0.25, 0.3) is 11.9 Å². The lowest BCUT2D eigenvalue weighted by molar-refractivity contribution is 0.272. The SMILES string of the molecule is CNc1nc(NO)nc(N(C)O)n1. The number of hydrogen-bond donors (Lipinski definition) is 4. The first-order chi connectivity index (χ1) is 6.17. The lowest BCUT2D eigenvalue weighted by Gasteiger charge is -2.09. The van der Waals surface area contributed by atoms with Gasteiger partial charge in [-0.2, -0.15) is 15.0 Å². The highest BCUT2D eigenvalue weighted by Crippen LogP contribution is 2.09. The molecule has 0 atom stereocenters. The fourth-order valence-electron chi connectivity index (χ4n) is 0.671. The normalized spacial score (nSPS) is 9.54. The fourth-order valence-corrected chi connectivity index (χ4v) is 0.671. The standard InChI is InChI=1S/C5H10N6O2/c1-6-3-7-4(10-12)9-5(8-3)11(2)13/h12-13H,1-2H3,(H2,6,7,8,9,10). The number of nitrogens with zero attached hydrogens (tertiary/aromatic N) is 4. The van der Waals surface area contributed by atoms with Crippen molar-refractivity contribution in [2.24, 2.45) is 0 Å². The summed E-state index contributed by atoms with van der Waals surface area (Å²) < 4.78 is 0. The molecule has 0 saturated heterocycles. The van der Waals surface area contributed by atoms with Gasteiger partial charge in [0.1, 0.15) is 0 Å². The van der Waals surface area contributed by atoms with Gasteiger partial charge >= 0.3 is 0 Å². The van der Waals surface area contributed by atoms with Crippen molar-refractivity contribution in [1.82, 2.24) is 15.0 Å². The first-order valence-corrected chi connectivity index (χ1v) is 3.44. The van der Waals surface area contributed by atoms with Crippen LogP contribution in [0.25, 0.3) is 0 Å². The average Bonchev–Trinajstić information content (AvgIpc) is 2.16. The van der Waals surface area contributed by atoms with Gasteiger partial charge in [-0.25, -0.2) is 10.5 Å². The van der Waals surface area contributed by atoms with Crippen LogP contribution in [0.2, 0.25) is 0 Å². The summed E-state index contributed by atoms with van der Waals surface area (Å²) in [6.07, 6.45) is 0. The first kappa shape index (κ1) is 9.42. The van der Waals surface area contributed by atoms with Crippen molar-refractivity contribution in [2.45, 2.75) is 0 Å². The zero-order valence-electron chi connectivity index (χ0n) is 7.18. The maximum atomic E-state index is 9.01. The van der Waals surface area contributed by atoms with Gasteiger partial charge in [-0.05, 0) is 0 Å². The number of rotatable bonds is 3. The molecule has 8 nitrogen and oxygen atoms in total. The molecule has 0 saturated carbocycles. The molecule has 8 heteroatoms. The van der Waals surface area contributed by atoms with Crippen molar-refractivity contribution in [3.63, 3.8) is 0 Å². The van der Waals surface area contributed by atoms with E-state index in [0.717, 1.165) is 0 Å². The molecular formula is C5H10N6O2. The van der Waals surface area contributed by atoms with Crippen LogP contribution < -0.4 is 15.9 Å². The molecule has 0 aliphatic heterocycles. The second kappa shape index (κ2) is 3.83. The molecular weight excluding hydrogens is 176 g/mol. The Morgan fingerprint density at radius 2 is 1.85 bits per heavy atom. The van der Waals surface area contributed by atoms with Crippen LogP contribution in [-0.2, 0) is 0 Å². The lowest BCUT2D eigenvalue weighted by atomic mass is 10.8. The van der Waals surface area contributed by atoms with E-state index in [1.54, 1.807) is 12.5 Å². The molecule has 72 valence electrons. The zero-order chi connectivity index (χ0) is 9.84. The third kappa shape index (κ3) is 2.13. The van der Waals surface area contributed by atoms with Crippen LogP contribution >= 0.6 is 0 Å². The van der Waals surface area contributed by atoms with Crippen LogP contribution in [0.1, 0.15) is 0 Å². The summed E-state index contributed by atoms with van der Waals surface area (Å²) in [6, 6.07) is 0. The minimum Gasteiger partial charge on any atom is -0.357 e. The Bertz CT molecular complexity index is 268. The Morgan fingerprint density at radius 3 is 2.31 bits per heavy atom. The van der Waals surface area contributed by atoms with Gasteiger partial charge in [-0.15, -0.1) is 0 Å². The van der Waals surface area contributed by atoms with Crippen molar-refractivity contribution in [3.8, 4) is 0 Å². The quantitative estimate of drug-likeness (QED) is 0.470. The number of aromatic nitrogens is 3. The number of nitrogens with one attached hydrogen (secondary N) is 2. The van der Waals surface area contributed by atoms with Gasteiger partial charge < -0.3 is 5.32 Å². The summed E-state index contributed by atoms with van der Waals surface area (Å²) in [5.41, 5.74) is 1.76. The molecule has 0 aliphatic carbocycles. The summed E-state index contributed by atoms with van der Waals surface area (Å²) in [4.78, 5) is 11.2. The average molecular weight is 186 g/mol. The molecule has 1 heterocycles. The van der Waals surface area contributed by atoms with E-state index in [0.29, 0.717) is 5.06 Å². The molecule has 4 N–H and O–H groups in total. The third-order valence-electron chi connectivity index (χ3n) is 1.24. The van der Waals surface area contributed by atoms with Crippen LogP contribution in [0.15, 0.2) is 0 Å². The molecule has 1 rings (SSSR count). The highest BCUT2D eigenvalue weighted by molar-refractivity contribution is 5.40.